The molecule has 2 nitrogen and oxygen atoms in total. The summed E-state index contributed by atoms with van der Waals surface area (Å²) in [5.74, 6) is 0.921. The van der Waals surface area contributed by atoms with Crippen molar-refractivity contribution in [2.24, 2.45) is 0 Å². The van der Waals surface area contributed by atoms with Gasteiger partial charge in [-0.25, -0.2) is 0 Å². The van der Waals surface area contributed by atoms with E-state index in [-0.39, 0.29) is 12.4 Å². The molecule has 16 heavy (non-hydrogen) atoms. The number of halogens is 1. The van der Waals surface area contributed by atoms with Crippen LogP contribution in [-0.4, -0.2) is 13.7 Å². The summed E-state index contributed by atoms with van der Waals surface area (Å²) in [6.07, 6.45) is 3.87. The lowest BCUT2D eigenvalue weighted by Gasteiger charge is -2.05. The molecule has 1 N–H and O–H groups in total. The second-order valence-corrected chi connectivity index (χ2v) is 3.73. The van der Waals surface area contributed by atoms with Crippen LogP contribution >= 0.6 is 12.4 Å². The number of rotatable bonds is 7. The standard InChI is InChI=1S/C13H21NO.ClH/c1-3-4-5-10-14-11-12-6-8-13(15-2)9-7-12;/h6-9,14H,3-5,10-11H2,1-2H3;1H. The number of hydrogen-bond donors (Lipinski definition) is 1. The number of benzene rings is 1. The largest absolute Gasteiger partial charge is 0.497 e. The van der Waals surface area contributed by atoms with Gasteiger partial charge in [0.05, 0.1) is 7.11 Å². The molecular formula is C13H22ClNO. The fourth-order valence-corrected chi connectivity index (χ4v) is 1.48. The van der Waals surface area contributed by atoms with Gasteiger partial charge in [-0.3, -0.25) is 0 Å². The van der Waals surface area contributed by atoms with Gasteiger partial charge in [-0.15, -0.1) is 12.4 Å². The van der Waals surface area contributed by atoms with Gasteiger partial charge in [0.1, 0.15) is 5.75 Å². The van der Waals surface area contributed by atoms with E-state index < -0.39 is 0 Å². The Hall–Kier alpha value is -0.730. The van der Waals surface area contributed by atoms with Gasteiger partial charge in [0, 0.05) is 6.54 Å². The Morgan fingerprint density at radius 2 is 1.81 bits per heavy atom. The maximum atomic E-state index is 5.11. The molecule has 0 heterocycles. The third-order valence-corrected chi connectivity index (χ3v) is 2.45. The zero-order valence-corrected chi connectivity index (χ0v) is 11.0. The maximum absolute atomic E-state index is 5.11. The molecule has 0 atom stereocenters. The minimum Gasteiger partial charge on any atom is -0.497 e. The van der Waals surface area contributed by atoms with E-state index in [1.807, 2.05) is 12.1 Å². The SMILES string of the molecule is CCCCCNCc1ccc(OC)cc1.Cl. The fraction of sp³-hybridized carbons (Fsp3) is 0.538. The fourth-order valence-electron chi connectivity index (χ4n) is 1.48. The van der Waals surface area contributed by atoms with Gasteiger partial charge >= 0.3 is 0 Å². The predicted molar refractivity (Wildman–Crippen MR) is 71.5 cm³/mol. The van der Waals surface area contributed by atoms with Crippen molar-refractivity contribution in [1.82, 2.24) is 5.32 Å². The molecule has 0 amide bonds. The van der Waals surface area contributed by atoms with E-state index in [0.29, 0.717) is 0 Å². The lowest BCUT2D eigenvalue weighted by molar-refractivity contribution is 0.414. The van der Waals surface area contributed by atoms with Crippen LogP contribution in [0.25, 0.3) is 0 Å². The van der Waals surface area contributed by atoms with Gasteiger partial charge in [-0.2, -0.15) is 0 Å². The molecule has 0 aliphatic heterocycles. The first kappa shape index (κ1) is 15.3. The predicted octanol–water partition coefficient (Wildman–Crippen LogP) is 3.40. The summed E-state index contributed by atoms with van der Waals surface area (Å²) in [4.78, 5) is 0. The Morgan fingerprint density at radius 1 is 1.12 bits per heavy atom. The minimum absolute atomic E-state index is 0. The number of nitrogens with one attached hydrogen (secondary N) is 1. The van der Waals surface area contributed by atoms with Crippen LogP contribution in [0.4, 0.5) is 0 Å². The zero-order chi connectivity index (χ0) is 10.9. The number of methoxy groups -OCH3 is 1. The highest BCUT2D eigenvalue weighted by atomic mass is 35.5. The molecule has 0 bridgehead atoms. The van der Waals surface area contributed by atoms with Gasteiger partial charge < -0.3 is 10.1 Å². The second kappa shape index (κ2) is 9.49. The Balaban J connectivity index is 0.00000225. The minimum atomic E-state index is 0. The van der Waals surface area contributed by atoms with E-state index in [1.165, 1.54) is 24.8 Å². The van der Waals surface area contributed by atoms with Crippen molar-refractivity contribution in [2.45, 2.75) is 32.7 Å². The first-order chi connectivity index (χ1) is 7.36. The first-order valence-corrected chi connectivity index (χ1v) is 5.70. The second-order valence-electron chi connectivity index (χ2n) is 3.73. The molecule has 0 spiro atoms. The van der Waals surface area contributed by atoms with E-state index in [1.54, 1.807) is 7.11 Å². The number of ether oxygens (including phenoxy) is 1. The van der Waals surface area contributed by atoms with Gasteiger partial charge in [0.2, 0.25) is 0 Å². The summed E-state index contributed by atoms with van der Waals surface area (Å²) in [7, 11) is 1.69. The van der Waals surface area contributed by atoms with Crippen LogP contribution in [0.15, 0.2) is 24.3 Å². The van der Waals surface area contributed by atoms with E-state index >= 15 is 0 Å². The quantitative estimate of drug-likeness (QED) is 0.742. The molecule has 0 aliphatic rings. The Labute approximate surface area is 105 Å². The smallest absolute Gasteiger partial charge is 0.118 e. The third-order valence-electron chi connectivity index (χ3n) is 2.45. The van der Waals surface area contributed by atoms with Crippen LogP contribution in [0.5, 0.6) is 5.75 Å². The molecule has 0 unspecified atom stereocenters. The van der Waals surface area contributed by atoms with Crippen LogP contribution < -0.4 is 10.1 Å². The molecule has 0 aromatic heterocycles. The van der Waals surface area contributed by atoms with Gasteiger partial charge in [-0.05, 0) is 30.7 Å². The van der Waals surface area contributed by atoms with Crippen molar-refractivity contribution in [3.63, 3.8) is 0 Å². The van der Waals surface area contributed by atoms with E-state index in [4.69, 9.17) is 4.74 Å². The summed E-state index contributed by atoms with van der Waals surface area (Å²) < 4.78 is 5.11. The average molecular weight is 244 g/mol. The van der Waals surface area contributed by atoms with Crippen LogP contribution in [0.1, 0.15) is 31.7 Å². The molecule has 0 saturated heterocycles. The van der Waals surface area contributed by atoms with Crippen molar-refractivity contribution in [2.75, 3.05) is 13.7 Å². The summed E-state index contributed by atoms with van der Waals surface area (Å²) in [6, 6.07) is 8.21. The summed E-state index contributed by atoms with van der Waals surface area (Å²) in [5, 5.41) is 3.43. The summed E-state index contributed by atoms with van der Waals surface area (Å²) >= 11 is 0. The first-order valence-electron chi connectivity index (χ1n) is 5.70. The van der Waals surface area contributed by atoms with Crippen LogP contribution in [0.3, 0.4) is 0 Å². The molecule has 0 fully saturated rings. The molecule has 0 radical (unpaired) electrons. The van der Waals surface area contributed by atoms with Crippen molar-refractivity contribution in [3.8, 4) is 5.75 Å². The molecule has 92 valence electrons. The molecule has 3 heteroatoms. The highest BCUT2D eigenvalue weighted by Gasteiger charge is 1.93. The van der Waals surface area contributed by atoms with Gasteiger partial charge in [0.15, 0.2) is 0 Å². The molecule has 1 aromatic carbocycles. The Kier molecular flexibility index (Phi) is 9.06. The molecule has 0 saturated carbocycles. The van der Waals surface area contributed by atoms with Crippen LogP contribution in [0.2, 0.25) is 0 Å². The maximum Gasteiger partial charge on any atom is 0.118 e. The molecule has 1 rings (SSSR count). The van der Waals surface area contributed by atoms with Crippen molar-refractivity contribution in [1.29, 1.82) is 0 Å². The Morgan fingerprint density at radius 3 is 2.38 bits per heavy atom. The third kappa shape index (κ3) is 5.99. The van der Waals surface area contributed by atoms with E-state index in [9.17, 15) is 0 Å². The zero-order valence-electron chi connectivity index (χ0n) is 10.2. The van der Waals surface area contributed by atoms with Gasteiger partial charge in [-0.1, -0.05) is 31.9 Å². The summed E-state index contributed by atoms with van der Waals surface area (Å²) in [5.41, 5.74) is 1.31. The highest BCUT2D eigenvalue weighted by Crippen LogP contribution is 2.10. The van der Waals surface area contributed by atoms with Gasteiger partial charge in [0.25, 0.3) is 0 Å². The highest BCUT2D eigenvalue weighted by molar-refractivity contribution is 5.85. The number of hydrogen-bond acceptors (Lipinski definition) is 2. The molecule has 1 aromatic rings. The van der Waals surface area contributed by atoms with Crippen LogP contribution in [-0.2, 0) is 6.54 Å². The normalized spacial score (nSPS) is 9.62. The number of unbranched alkanes of at least 4 members (excludes halogenated alkanes) is 2. The Bertz CT molecular complexity index is 261. The lowest BCUT2D eigenvalue weighted by Crippen LogP contribution is -2.14. The molecular weight excluding hydrogens is 222 g/mol. The van der Waals surface area contributed by atoms with Crippen molar-refractivity contribution in [3.05, 3.63) is 29.8 Å². The van der Waals surface area contributed by atoms with Crippen LogP contribution in [0, 0.1) is 0 Å². The van der Waals surface area contributed by atoms with E-state index in [0.717, 1.165) is 18.8 Å². The lowest BCUT2D eigenvalue weighted by atomic mass is 10.2. The molecule has 0 aliphatic carbocycles. The van der Waals surface area contributed by atoms with Crippen molar-refractivity contribution < 1.29 is 4.74 Å². The topological polar surface area (TPSA) is 21.3 Å². The van der Waals surface area contributed by atoms with E-state index in [2.05, 4.69) is 24.4 Å². The summed E-state index contributed by atoms with van der Waals surface area (Å²) in [6.45, 7) is 4.29. The monoisotopic (exact) mass is 243 g/mol. The average Bonchev–Trinajstić information content (AvgIpc) is 2.30. The van der Waals surface area contributed by atoms with Crippen molar-refractivity contribution >= 4 is 12.4 Å².